The van der Waals surface area contributed by atoms with Crippen molar-refractivity contribution < 1.29 is 17.6 Å². The van der Waals surface area contributed by atoms with E-state index in [1.54, 1.807) is 35.1 Å². The van der Waals surface area contributed by atoms with E-state index in [2.05, 4.69) is 15.1 Å². The van der Waals surface area contributed by atoms with Crippen LogP contribution in [0.1, 0.15) is 15.9 Å². The molecular formula is C24H20ClFN4O3S. The summed E-state index contributed by atoms with van der Waals surface area (Å²) >= 11 is 6.01. The minimum Gasteiger partial charge on any atom is -0.322 e. The molecule has 3 aromatic carbocycles. The highest BCUT2D eigenvalue weighted by Crippen LogP contribution is 2.26. The van der Waals surface area contributed by atoms with E-state index in [1.807, 2.05) is 30.3 Å². The summed E-state index contributed by atoms with van der Waals surface area (Å²) in [6.07, 6.45) is 2.54. The summed E-state index contributed by atoms with van der Waals surface area (Å²) < 4.78 is 40.8. The number of nitrogens with one attached hydrogen (secondary N) is 2. The summed E-state index contributed by atoms with van der Waals surface area (Å²) in [6.45, 7) is 0.452. The van der Waals surface area contributed by atoms with Gasteiger partial charge in [0.1, 0.15) is 11.5 Å². The molecule has 4 aromatic rings. The van der Waals surface area contributed by atoms with Gasteiger partial charge >= 0.3 is 0 Å². The number of anilines is 2. The third-order valence-electron chi connectivity index (χ3n) is 4.83. The molecular weight excluding hydrogens is 479 g/mol. The number of carbonyl (C=O) groups is 1. The smallest absolute Gasteiger partial charge is 0.259 e. The Morgan fingerprint density at radius 1 is 1.06 bits per heavy atom. The zero-order valence-electron chi connectivity index (χ0n) is 18.0. The van der Waals surface area contributed by atoms with Crippen LogP contribution in [0.2, 0.25) is 5.02 Å². The van der Waals surface area contributed by atoms with Gasteiger partial charge in [-0.3, -0.25) is 14.2 Å². The number of halogens is 2. The van der Waals surface area contributed by atoms with Crippen molar-refractivity contribution >= 4 is 38.9 Å². The van der Waals surface area contributed by atoms with Crippen LogP contribution < -0.4 is 10.0 Å². The zero-order chi connectivity index (χ0) is 24.3. The SMILES string of the molecule is CS(=O)(=O)Nc1cc(NC(=O)c2cn(Cc3ccccc3)nc2-c2ccc(Cl)cc2)ccc1F. The van der Waals surface area contributed by atoms with Crippen LogP contribution in [0.25, 0.3) is 11.3 Å². The highest BCUT2D eigenvalue weighted by atomic mass is 35.5. The summed E-state index contributed by atoms with van der Waals surface area (Å²) in [7, 11) is -3.70. The summed E-state index contributed by atoms with van der Waals surface area (Å²) in [6, 6.07) is 20.2. The normalized spacial score (nSPS) is 11.3. The molecule has 0 atom stereocenters. The van der Waals surface area contributed by atoms with E-state index >= 15 is 0 Å². The van der Waals surface area contributed by atoms with Gasteiger partial charge in [0.05, 0.1) is 24.1 Å². The van der Waals surface area contributed by atoms with Crippen LogP contribution in [-0.2, 0) is 16.6 Å². The zero-order valence-corrected chi connectivity index (χ0v) is 19.6. The summed E-state index contributed by atoms with van der Waals surface area (Å²) in [4.78, 5) is 13.2. The molecule has 4 rings (SSSR count). The quantitative estimate of drug-likeness (QED) is 0.374. The van der Waals surface area contributed by atoms with E-state index in [4.69, 9.17) is 11.6 Å². The van der Waals surface area contributed by atoms with E-state index in [0.717, 1.165) is 17.9 Å². The van der Waals surface area contributed by atoms with Crippen LogP contribution in [0.3, 0.4) is 0 Å². The lowest BCUT2D eigenvalue weighted by Crippen LogP contribution is -2.14. The minimum absolute atomic E-state index is 0.218. The van der Waals surface area contributed by atoms with Gasteiger partial charge in [-0.15, -0.1) is 0 Å². The Morgan fingerprint density at radius 3 is 2.44 bits per heavy atom. The predicted octanol–water partition coefficient (Wildman–Crippen LogP) is 5.01. The highest BCUT2D eigenvalue weighted by Gasteiger charge is 2.19. The Bertz CT molecular complexity index is 1440. The summed E-state index contributed by atoms with van der Waals surface area (Å²) in [5, 5.41) is 7.85. The van der Waals surface area contributed by atoms with Crippen molar-refractivity contribution in [3.63, 3.8) is 0 Å². The first kappa shape index (κ1) is 23.5. The lowest BCUT2D eigenvalue weighted by Gasteiger charge is -2.09. The molecule has 0 spiro atoms. The van der Waals surface area contributed by atoms with Crippen LogP contribution in [0.5, 0.6) is 0 Å². The Kier molecular flexibility index (Phi) is 6.67. The third-order valence-corrected chi connectivity index (χ3v) is 5.67. The minimum atomic E-state index is -3.70. The summed E-state index contributed by atoms with van der Waals surface area (Å²) in [5.74, 6) is -1.25. The standard InChI is InChI=1S/C24H20ClFN4O3S/c1-34(32,33)29-22-13-19(11-12-21(22)26)27-24(31)20-15-30(14-16-5-3-2-4-6-16)28-23(20)17-7-9-18(25)10-8-17/h2-13,15,29H,14H2,1H3,(H,27,31). The second kappa shape index (κ2) is 9.66. The van der Waals surface area contributed by atoms with Crippen molar-refractivity contribution in [1.29, 1.82) is 0 Å². The fourth-order valence-electron chi connectivity index (χ4n) is 3.34. The number of hydrogen-bond acceptors (Lipinski definition) is 4. The van der Waals surface area contributed by atoms with E-state index in [0.29, 0.717) is 28.4 Å². The maximum absolute atomic E-state index is 14.0. The second-order valence-electron chi connectivity index (χ2n) is 7.60. The van der Waals surface area contributed by atoms with Crippen molar-refractivity contribution in [2.75, 3.05) is 16.3 Å². The molecule has 174 valence electrons. The van der Waals surface area contributed by atoms with Gasteiger partial charge in [-0.05, 0) is 35.9 Å². The molecule has 1 amide bonds. The van der Waals surface area contributed by atoms with Crippen molar-refractivity contribution in [3.8, 4) is 11.3 Å². The van der Waals surface area contributed by atoms with Crippen molar-refractivity contribution in [3.05, 3.63) is 101 Å². The first-order valence-electron chi connectivity index (χ1n) is 10.1. The van der Waals surface area contributed by atoms with Gasteiger partial charge in [-0.25, -0.2) is 12.8 Å². The summed E-state index contributed by atoms with van der Waals surface area (Å²) in [5.41, 5.74) is 2.39. The van der Waals surface area contributed by atoms with E-state index < -0.39 is 21.7 Å². The fourth-order valence-corrected chi connectivity index (χ4v) is 4.02. The number of carbonyl (C=O) groups excluding carboxylic acids is 1. The lowest BCUT2D eigenvalue weighted by atomic mass is 10.1. The third kappa shape index (κ3) is 5.81. The molecule has 0 unspecified atom stereocenters. The van der Waals surface area contributed by atoms with Gasteiger partial charge in [0.25, 0.3) is 5.91 Å². The van der Waals surface area contributed by atoms with Gasteiger partial charge in [0.15, 0.2) is 0 Å². The first-order chi connectivity index (χ1) is 16.2. The number of hydrogen-bond donors (Lipinski definition) is 2. The Hall–Kier alpha value is -3.69. The Balaban J connectivity index is 1.67. The maximum Gasteiger partial charge on any atom is 0.259 e. The molecule has 0 aliphatic carbocycles. The van der Waals surface area contributed by atoms with Crippen molar-refractivity contribution in [2.45, 2.75) is 6.54 Å². The number of rotatable bonds is 7. The second-order valence-corrected chi connectivity index (χ2v) is 9.79. The van der Waals surface area contributed by atoms with E-state index in [-0.39, 0.29) is 11.4 Å². The van der Waals surface area contributed by atoms with Crippen LogP contribution >= 0.6 is 11.6 Å². The van der Waals surface area contributed by atoms with E-state index in [9.17, 15) is 17.6 Å². The monoisotopic (exact) mass is 498 g/mol. The molecule has 0 fully saturated rings. The molecule has 0 saturated carbocycles. The van der Waals surface area contributed by atoms with Gasteiger partial charge in [-0.2, -0.15) is 5.10 Å². The van der Waals surface area contributed by atoms with Gasteiger partial charge in [-0.1, -0.05) is 54.1 Å². The molecule has 7 nitrogen and oxygen atoms in total. The van der Waals surface area contributed by atoms with Crippen molar-refractivity contribution in [2.24, 2.45) is 0 Å². The van der Waals surface area contributed by atoms with Crippen LogP contribution in [0, 0.1) is 5.82 Å². The highest BCUT2D eigenvalue weighted by molar-refractivity contribution is 7.92. The lowest BCUT2D eigenvalue weighted by molar-refractivity contribution is 0.102. The largest absolute Gasteiger partial charge is 0.322 e. The molecule has 0 aliphatic heterocycles. The maximum atomic E-state index is 14.0. The first-order valence-corrected chi connectivity index (χ1v) is 12.4. The number of amides is 1. The van der Waals surface area contributed by atoms with Gasteiger partial charge in [0, 0.05) is 22.5 Å². The molecule has 0 saturated heterocycles. The molecule has 0 aliphatic rings. The van der Waals surface area contributed by atoms with Crippen LogP contribution in [-0.4, -0.2) is 30.4 Å². The number of aromatic nitrogens is 2. The van der Waals surface area contributed by atoms with Gasteiger partial charge in [0.2, 0.25) is 10.0 Å². The van der Waals surface area contributed by atoms with Gasteiger partial charge < -0.3 is 5.32 Å². The average Bonchev–Trinajstić information content (AvgIpc) is 3.20. The number of sulfonamides is 1. The topological polar surface area (TPSA) is 93.1 Å². The molecule has 1 heterocycles. The molecule has 2 N–H and O–H groups in total. The fraction of sp³-hybridized carbons (Fsp3) is 0.0833. The molecule has 10 heteroatoms. The molecule has 1 aromatic heterocycles. The Labute approximate surface area is 201 Å². The van der Waals surface area contributed by atoms with Crippen LogP contribution in [0.4, 0.5) is 15.8 Å². The number of benzene rings is 3. The Morgan fingerprint density at radius 2 is 1.76 bits per heavy atom. The van der Waals surface area contributed by atoms with Crippen molar-refractivity contribution in [1.82, 2.24) is 9.78 Å². The molecule has 0 bridgehead atoms. The average molecular weight is 499 g/mol. The molecule has 0 radical (unpaired) electrons. The van der Waals surface area contributed by atoms with Crippen LogP contribution in [0.15, 0.2) is 79.0 Å². The number of nitrogens with zero attached hydrogens (tertiary/aromatic N) is 2. The predicted molar refractivity (Wildman–Crippen MR) is 131 cm³/mol. The van der Waals surface area contributed by atoms with E-state index in [1.165, 1.54) is 12.1 Å². The molecule has 34 heavy (non-hydrogen) atoms.